The van der Waals surface area contributed by atoms with E-state index in [1.807, 2.05) is 72.2 Å². The van der Waals surface area contributed by atoms with E-state index in [9.17, 15) is 9.59 Å². The number of carbonyl (C=O) groups excluding carboxylic acids is 2. The zero-order chi connectivity index (χ0) is 22.3. The zero-order valence-electron chi connectivity index (χ0n) is 17.4. The van der Waals surface area contributed by atoms with Crippen LogP contribution in [0.2, 0.25) is 0 Å². The van der Waals surface area contributed by atoms with Crippen LogP contribution in [0.4, 0.5) is 0 Å². The van der Waals surface area contributed by atoms with E-state index in [0.29, 0.717) is 16.5 Å². The molecule has 0 aliphatic carbocycles. The molecule has 0 saturated heterocycles. The lowest BCUT2D eigenvalue weighted by Crippen LogP contribution is -2.42. The first-order chi connectivity index (χ1) is 15.6. The average Bonchev–Trinajstić information content (AvgIpc) is 3.27. The van der Waals surface area contributed by atoms with Gasteiger partial charge in [0.15, 0.2) is 11.0 Å². The number of rotatable bonds is 6. The van der Waals surface area contributed by atoms with E-state index in [1.54, 1.807) is 24.3 Å². The Bertz CT molecular complexity index is 1210. The van der Waals surface area contributed by atoms with Crippen LogP contribution in [0.1, 0.15) is 15.9 Å². The van der Waals surface area contributed by atoms with Gasteiger partial charge >= 0.3 is 0 Å². The van der Waals surface area contributed by atoms with E-state index in [2.05, 4.69) is 21.0 Å². The van der Waals surface area contributed by atoms with Crippen LogP contribution in [-0.2, 0) is 4.79 Å². The number of hydrogen-bond donors (Lipinski definition) is 2. The minimum atomic E-state index is -0.377. The maximum absolute atomic E-state index is 12.3. The molecule has 2 N–H and O–H groups in total. The number of hydrazine groups is 1. The SMILES string of the molecule is Cc1ccc(-n2c(SCC(=O)NNC(=O)c3ccccc3)nnc2-c2ccccc2)cc1. The molecule has 7 nitrogen and oxygen atoms in total. The number of carbonyl (C=O) groups is 2. The van der Waals surface area contributed by atoms with Gasteiger partial charge in [-0.15, -0.1) is 10.2 Å². The van der Waals surface area contributed by atoms with Crippen molar-refractivity contribution in [2.45, 2.75) is 12.1 Å². The Labute approximate surface area is 189 Å². The van der Waals surface area contributed by atoms with Crippen LogP contribution in [0.25, 0.3) is 17.1 Å². The third-order valence-corrected chi connectivity index (χ3v) is 5.57. The number of nitrogens with one attached hydrogen (secondary N) is 2. The Morgan fingerprint density at radius 3 is 2.19 bits per heavy atom. The molecule has 0 atom stereocenters. The van der Waals surface area contributed by atoms with Gasteiger partial charge in [-0.1, -0.05) is 78.0 Å². The summed E-state index contributed by atoms with van der Waals surface area (Å²) in [5, 5.41) is 9.26. The predicted molar refractivity (Wildman–Crippen MR) is 124 cm³/mol. The molecule has 0 unspecified atom stereocenters. The third-order valence-electron chi connectivity index (χ3n) is 4.64. The Morgan fingerprint density at radius 2 is 1.50 bits per heavy atom. The number of thioether (sulfide) groups is 1. The highest BCUT2D eigenvalue weighted by Gasteiger charge is 2.17. The van der Waals surface area contributed by atoms with Crippen LogP contribution < -0.4 is 10.9 Å². The van der Waals surface area contributed by atoms with Crippen LogP contribution >= 0.6 is 11.8 Å². The van der Waals surface area contributed by atoms with Crippen molar-refractivity contribution in [3.63, 3.8) is 0 Å². The summed E-state index contributed by atoms with van der Waals surface area (Å²) in [6.45, 7) is 2.03. The van der Waals surface area contributed by atoms with Crippen molar-refractivity contribution in [2.75, 3.05) is 5.75 Å². The summed E-state index contributed by atoms with van der Waals surface area (Å²) < 4.78 is 1.93. The number of nitrogens with zero attached hydrogens (tertiary/aromatic N) is 3. The molecule has 160 valence electrons. The summed E-state index contributed by atoms with van der Waals surface area (Å²) in [6, 6.07) is 26.5. The average molecular weight is 444 g/mol. The topological polar surface area (TPSA) is 88.9 Å². The maximum Gasteiger partial charge on any atom is 0.269 e. The standard InChI is InChI=1S/C24H21N5O2S/c1-17-12-14-20(15-13-17)29-22(18-8-4-2-5-9-18)26-28-24(29)32-16-21(30)25-27-23(31)19-10-6-3-7-11-19/h2-15H,16H2,1H3,(H,25,30)(H,27,31). The minimum Gasteiger partial charge on any atom is -0.272 e. The quantitative estimate of drug-likeness (QED) is 0.350. The Morgan fingerprint density at radius 1 is 0.844 bits per heavy atom. The van der Waals surface area contributed by atoms with Gasteiger partial charge in [0.2, 0.25) is 5.91 Å². The molecular weight excluding hydrogens is 422 g/mol. The zero-order valence-corrected chi connectivity index (χ0v) is 18.2. The van der Waals surface area contributed by atoms with Crippen LogP contribution in [0.15, 0.2) is 90.1 Å². The lowest BCUT2D eigenvalue weighted by atomic mass is 10.2. The van der Waals surface area contributed by atoms with Gasteiger partial charge in [0.25, 0.3) is 5.91 Å². The van der Waals surface area contributed by atoms with Crippen LogP contribution in [0.3, 0.4) is 0 Å². The fourth-order valence-electron chi connectivity index (χ4n) is 3.02. The van der Waals surface area contributed by atoms with Crippen molar-refractivity contribution in [3.8, 4) is 17.1 Å². The summed E-state index contributed by atoms with van der Waals surface area (Å²) >= 11 is 1.24. The highest BCUT2D eigenvalue weighted by atomic mass is 32.2. The van der Waals surface area contributed by atoms with Crippen LogP contribution in [0, 0.1) is 6.92 Å². The Hall–Kier alpha value is -3.91. The van der Waals surface area contributed by atoms with E-state index in [4.69, 9.17) is 0 Å². The van der Waals surface area contributed by atoms with Crippen molar-refractivity contribution >= 4 is 23.6 Å². The van der Waals surface area contributed by atoms with Gasteiger partial charge < -0.3 is 0 Å². The van der Waals surface area contributed by atoms with E-state index in [1.165, 1.54) is 11.8 Å². The number of aryl methyl sites for hydroxylation is 1. The van der Waals surface area contributed by atoms with Gasteiger partial charge in [-0.2, -0.15) is 0 Å². The molecule has 1 aromatic heterocycles. The highest BCUT2D eigenvalue weighted by molar-refractivity contribution is 7.99. The molecule has 0 fully saturated rings. The molecular formula is C24H21N5O2S. The summed E-state index contributed by atoms with van der Waals surface area (Å²) in [7, 11) is 0. The molecule has 0 saturated carbocycles. The number of aromatic nitrogens is 3. The van der Waals surface area contributed by atoms with Gasteiger partial charge in [-0.05, 0) is 31.2 Å². The van der Waals surface area contributed by atoms with Crippen molar-refractivity contribution in [1.82, 2.24) is 25.6 Å². The first kappa shape index (κ1) is 21.3. The first-order valence-electron chi connectivity index (χ1n) is 9.97. The van der Waals surface area contributed by atoms with E-state index in [-0.39, 0.29) is 17.6 Å². The second kappa shape index (κ2) is 9.93. The largest absolute Gasteiger partial charge is 0.272 e. The molecule has 2 amide bonds. The summed E-state index contributed by atoms with van der Waals surface area (Å²) in [5.74, 6) is 0.0280. The Kier molecular flexibility index (Phi) is 6.62. The van der Waals surface area contributed by atoms with E-state index >= 15 is 0 Å². The van der Waals surface area contributed by atoms with E-state index < -0.39 is 0 Å². The maximum atomic E-state index is 12.3. The van der Waals surface area contributed by atoms with Gasteiger partial charge in [0.05, 0.1) is 5.75 Å². The molecule has 0 bridgehead atoms. The normalized spacial score (nSPS) is 10.5. The second-order valence-electron chi connectivity index (χ2n) is 7.00. The second-order valence-corrected chi connectivity index (χ2v) is 7.94. The molecule has 1 heterocycles. The monoisotopic (exact) mass is 443 g/mol. The van der Waals surface area contributed by atoms with Crippen molar-refractivity contribution < 1.29 is 9.59 Å². The van der Waals surface area contributed by atoms with Gasteiger partial charge in [-0.25, -0.2) is 0 Å². The van der Waals surface area contributed by atoms with Crippen LogP contribution in [0.5, 0.6) is 0 Å². The van der Waals surface area contributed by atoms with Gasteiger partial charge in [0, 0.05) is 16.8 Å². The molecule has 4 rings (SSSR count). The van der Waals surface area contributed by atoms with Gasteiger partial charge in [-0.3, -0.25) is 25.0 Å². The minimum absolute atomic E-state index is 0.0633. The molecule has 0 radical (unpaired) electrons. The van der Waals surface area contributed by atoms with Crippen molar-refractivity contribution in [1.29, 1.82) is 0 Å². The molecule has 8 heteroatoms. The summed E-state index contributed by atoms with van der Waals surface area (Å²) in [5.41, 5.74) is 8.30. The molecule has 32 heavy (non-hydrogen) atoms. The summed E-state index contributed by atoms with van der Waals surface area (Å²) in [6.07, 6.45) is 0. The van der Waals surface area contributed by atoms with Gasteiger partial charge in [0.1, 0.15) is 0 Å². The fourth-order valence-corrected chi connectivity index (χ4v) is 3.77. The number of benzene rings is 3. The first-order valence-corrected chi connectivity index (χ1v) is 11.0. The van der Waals surface area contributed by atoms with Crippen molar-refractivity contribution in [2.24, 2.45) is 0 Å². The van der Waals surface area contributed by atoms with Crippen molar-refractivity contribution in [3.05, 3.63) is 96.1 Å². The highest BCUT2D eigenvalue weighted by Crippen LogP contribution is 2.28. The predicted octanol–water partition coefficient (Wildman–Crippen LogP) is 3.80. The number of hydrogen-bond acceptors (Lipinski definition) is 5. The molecule has 3 aromatic carbocycles. The van der Waals surface area contributed by atoms with E-state index in [0.717, 1.165) is 16.8 Å². The molecule has 0 aliphatic rings. The van der Waals surface area contributed by atoms with Crippen LogP contribution in [-0.4, -0.2) is 32.3 Å². The molecule has 4 aromatic rings. The number of amides is 2. The molecule has 0 aliphatic heterocycles. The summed E-state index contributed by atoms with van der Waals surface area (Å²) in [4.78, 5) is 24.4. The smallest absolute Gasteiger partial charge is 0.269 e. The Balaban J connectivity index is 1.48. The lowest BCUT2D eigenvalue weighted by molar-refractivity contribution is -0.119. The lowest BCUT2D eigenvalue weighted by Gasteiger charge is -2.11. The fraction of sp³-hybridized carbons (Fsp3) is 0.0833. The third kappa shape index (κ3) is 5.04. The molecule has 0 spiro atoms.